The number of aromatic nitrogens is 2. The van der Waals surface area contributed by atoms with E-state index in [1.165, 1.54) is 29.4 Å². The standard InChI is InChI=1S/C31H32ClFN4O5/c1-2-30(41,20-5-9-24(39)10-6-20)22-13-25-28(26(33)14-22)31(42-12-11-38,21-3-7-23(32)8-4-21)37(29(25)40)18-27-35-16-19(15-34)17-36-27/h3-4,7-8,13-14,16-17,20,24,38-39,41H,2,5-6,9-12,18H2,1H3/t20?,24?,30?,31-/m1/s1. The Hall–Kier alpha value is -3.46. The number of carbonyl (C=O) groups excluding carboxylic acids is 1. The molecule has 1 aliphatic heterocycles. The maximum atomic E-state index is 16.6. The number of fused-ring (bicyclic) bond motifs is 1. The van der Waals surface area contributed by atoms with Crippen molar-refractivity contribution in [2.75, 3.05) is 13.2 Å². The van der Waals surface area contributed by atoms with Gasteiger partial charge in [-0.15, -0.1) is 0 Å². The van der Waals surface area contributed by atoms with Crippen molar-refractivity contribution >= 4 is 17.5 Å². The average molecular weight is 595 g/mol. The van der Waals surface area contributed by atoms with Gasteiger partial charge in [0.25, 0.3) is 5.91 Å². The molecule has 2 aliphatic rings. The molecule has 5 rings (SSSR count). The zero-order valence-corrected chi connectivity index (χ0v) is 23.9. The van der Waals surface area contributed by atoms with E-state index in [0.29, 0.717) is 36.3 Å². The monoisotopic (exact) mass is 594 g/mol. The van der Waals surface area contributed by atoms with Gasteiger partial charge in [-0.2, -0.15) is 5.26 Å². The SMILES string of the molecule is CCC(O)(c1cc(F)c2c(c1)C(=O)N(Cc1ncc(C#N)cn1)[C@@]2(OCCO)c1ccc(Cl)cc1)C1CCC(O)CC1. The van der Waals surface area contributed by atoms with Crippen LogP contribution in [0.2, 0.25) is 5.02 Å². The van der Waals surface area contributed by atoms with Crippen LogP contribution >= 0.6 is 11.6 Å². The topological polar surface area (TPSA) is 140 Å². The Balaban J connectivity index is 1.69. The molecule has 1 unspecified atom stereocenters. The molecule has 0 spiro atoms. The van der Waals surface area contributed by atoms with E-state index < -0.39 is 35.8 Å². The summed E-state index contributed by atoms with van der Waals surface area (Å²) in [5, 5.41) is 41.2. The van der Waals surface area contributed by atoms with Gasteiger partial charge in [0, 0.05) is 23.0 Å². The Kier molecular flexibility index (Phi) is 8.60. The number of rotatable bonds is 9. The number of hydrogen-bond acceptors (Lipinski definition) is 8. The van der Waals surface area contributed by atoms with Crippen molar-refractivity contribution in [3.8, 4) is 6.07 Å². The Morgan fingerprint density at radius 3 is 2.45 bits per heavy atom. The third-order valence-electron chi connectivity index (χ3n) is 8.47. The highest BCUT2D eigenvalue weighted by Crippen LogP contribution is 2.50. The molecular formula is C31H32ClFN4O5. The number of halogens is 2. The van der Waals surface area contributed by atoms with Crippen molar-refractivity contribution in [3.63, 3.8) is 0 Å². The predicted octanol–water partition coefficient (Wildman–Crippen LogP) is 4.16. The fourth-order valence-corrected chi connectivity index (χ4v) is 6.42. The molecule has 42 heavy (non-hydrogen) atoms. The van der Waals surface area contributed by atoms with Gasteiger partial charge < -0.3 is 20.1 Å². The van der Waals surface area contributed by atoms with Gasteiger partial charge in [-0.05, 0) is 67.9 Å². The number of carbonyl (C=O) groups is 1. The summed E-state index contributed by atoms with van der Waals surface area (Å²) in [6, 6.07) is 11.2. The molecule has 2 heterocycles. The Labute approximate surface area is 248 Å². The molecule has 1 aromatic heterocycles. The van der Waals surface area contributed by atoms with Gasteiger partial charge >= 0.3 is 0 Å². The highest BCUT2D eigenvalue weighted by atomic mass is 35.5. The molecule has 2 atom stereocenters. The second-order valence-electron chi connectivity index (χ2n) is 10.8. The largest absolute Gasteiger partial charge is 0.394 e. The van der Waals surface area contributed by atoms with Crippen molar-refractivity contribution in [3.05, 3.63) is 93.3 Å². The van der Waals surface area contributed by atoms with Crippen LogP contribution in [0.3, 0.4) is 0 Å². The smallest absolute Gasteiger partial charge is 0.257 e. The van der Waals surface area contributed by atoms with Crippen LogP contribution < -0.4 is 0 Å². The van der Waals surface area contributed by atoms with Gasteiger partial charge in [-0.3, -0.25) is 9.69 Å². The molecule has 2 aromatic carbocycles. The van der Waals surface area contributed by atoms with E-state index in [9.17, 15) is 20.1 Å². The molecule has 1 saturated carbocycles. The van der Waals surface area contributed by atoms with Crippen LogP contribution in [0.15, 0.2) is 48.8 Å². The molecule has 220 valence electrons. The molecule has 1 aliphatic carbocycles. The van der Waals surface area contributed by atoms with Crippen molar-refractivity contribution in [2.45, 2.75) is 63.0 Å². The maximum absolute atomic E-state index is 16.6. The summed E-state index contributed by atoms with van der Waals surface area (Å²) in [4.78, 5) is 24.0. The lowest BCUT2D eigenvalue weighted by Gasteiger charge is -2.40. The predicted molar refractivity (Wildman–Crippen MR) is 150 cm³/mol. The normalized spacial score (nSPS) is 23.4. The van der Waals surface area contributed by atoms with Gasteiger partial charge in [-0.1, -0.05) is 30.7 Å². The van der Waals surface area contributed by atoms with Gasteiger partial charge in [0.05, 0.1) is 48.2 Å². The third kappa shape index (κ3) is 5.16. The molecule has 9 nitrogen and oxygen atoms in total. The van der Waals surface area contributed by atoms with Gasteiger partial charge in [0.1, 0.15) is 17.7 Å². The summed E-state index contributed by atoms with van der Waals surface area (Å²) < 4.78 is 22.8. The molecule has 0 radical (unpaired) electrons. The second-order valence-corrected chi connectivity index (χ2v) is 11.2. The summed E-state index contributed by atoms with van der Waals surface area (Å²) in [6.45, 7) is 0.975. The van der Waals surface area contributed by atoms with E-state index in [2.05, 4.69) is 9.97 Å². The van der Waals surface area contributed by atoms with E-state index in [-0.39, 0.29) is 53.6 Å². The first kappa shape index (κ1) is 30.0. The van der Waals surface area contributed by atoms with Crippen LogP contribution in [0.5, 0.6) is 0 Å². The molecule has 1 fully saturated rings. The lowest BCUT2D eigenvalue weighted by atomic mass is 9.71. The highest BCUT2D eigenvalue weighted by molar-refractivity contribution is 6.30. The third-order valence-corrected chi connectivity index (χ3v) is 8.72. The highest BCUT2D eigenvalue weighted by Gasteiger charge is 2.55. The zero-order valence-electron chi connectivity index (χ0n) is 23.1. The minimum Gasteiger partial charge on any atom is -0.394 e. The Morgan fingerprint density at radius 1 is 1.19 bits per heavy atom. The zero-order chi connectivity index (χ0) is 30.1. The molecule has 1 amide bonds. The average Bonchev–Trinajstić information content (AvgIpc) is 3.24. The Bertz CT molecular complexity index is 1490. The molecule has 0 saturated heterocycles. The van der Waals surface area contributed by atoms with Crippen molar-refractivity contribution in [2.24, 2.45) is 5.92 Å². The van der Waals surface area contributed by atoms with Gasteiger partial charge in [0.2, 0.25) is 0 Å². The number of aliphatic hydroxyl groups excluding tert-OH is 2. The molecular weight excluding hydrogens is 563 g/mol. The van der Waals surface area contributed by atoms with Crippen LogP contribution in [0.25, 0.3) is 0 Å². The summed E-state index contributed by atoms with van der Waals surface area (Å²) in [5.74, 6) is -1.37. The summed E-state index contributed by atoms with van der Waals surface area (Å²) in [5.41, 5.74) is -2.39. The van der Waals surface area contributed by atoms with Gasteiger partial charge in [0.15, 0.2) is 5.72 Å². The first-order valence-electron chi connectivity index (χ1n) is 14.0. The molecule has 0 bridgehead atoms. The van der Waals surface area contributed by atoms with E-state index in [1.807, 2.05) is 13.0 Å². The number of aliphatic hydroxyl groups is 3. The van der Waals surface area contributed by atoms with E-state index >= 15 is 4.39 Å². The number of amides is 1. The van der Waals surface area contributed by atoms with Crippen LogP contribution in [0.4, 0.5) is 4.39 Å². The summed E-state index contributed by atoms with van der Waals surface area (Å²) >= 11 is 6.17. The van der Waals surface area contributed by atoms with Crippen molar-refractivity contribution in [1.82, 2.24) is 14.9 Å². The Morgan fingerprint density at radius 2 is 1.86 bits per heavy atom. The van der Waals surface area contributed by atoms with Crippen LogP contribution in [-0.2, 0) is 22.6 Å². The summed E-state index contributed by atoms with van der Waals surface area (Å²) in [7, 11) is 0. The molecule has 11 heteroatoms. The number of hydrogen-bond donors (Lipinski definition) is 3. The quantitative estimate of drug-likeness (QED) is 0.336. The first-order chi connectivity index (χ1) is 20.2. The fraction of sp³-hybridized carbons (Fsp3) is 0.419. The second kappa shape index (κ2) is 12.0. The maximum Gasteiger partial charge on any atom is 0.257 e. The fourth-order valence-electron chi connectivity index (χ4n) is 6.30. The summed E-state index contributed by atoms with van der Waals surface area (Å²) in [6.07, 6.45) is 4.71. The van der Waals surface area contributed by atoms with Crippen LogP contribution in [0, 0.1) is 23.1 Å². The minimum atomic E-state index is -1.82. The van der Waals surface area contributed by atoms with E-state index in [4.69, 9.17) is 21.6 Å². The minimum absolute atomic E-state index is 0.00857. The number of benzene rings is 2. The first-order valence-corrected chi connectivity index (χ1v) is 14.3. The van der Waals surface area contributed by atoms with E-state index in [0.717, 1.165) is 0 Å². The van der Waals surface area contributed by atoms with E-state index in [1.54, 1.807) is 24.3 Å². The van der Waals surface area contributed by atoms with Crippen LogP contribution in [-0.4, -0.2) is 55.4 Å². The van der Waals surface area contributed by atoms with Crippen molar-refractivity contribution in [1.29, 1.82) is 5.26 Å². The van der Waals surface area contributed by atoms with Crippen molar-refractivity contribution < 1.29 is 29.2 Å². The van der Waals surface area contributed by atoms with Crippen LogP contribution in [0.1, 0.15) is 77.5 Å². The number of nitriles is 1. The number of nitrogens with zero attached hydrogens (tertiary/aromatic N) is 4. The lowest BCUT2D eigenvalue weighted by molar-refractivity contribution is -0.121. The lowest BCUT2D eigenvalue weighted by Crippen LogP contribution is -2.47. The molecule has 3 aromatic rings. The molecule has 3 N–H and O–H groups in total. The number of ether oxygens (including phenoxy) is 1. The van der Waals surface area contributed by atoms with Gasteiger partial charge in [-0.25, -0.2) is 14.4 Å².